The molecule has 0 atom stereocenters. The SMILES string of the molecule is CN(Cc1ccccc1)c1ccnc(N2CCN(c3ccccc3F)CC2)n1. The van der Waals surface area contributed by atoms with Crippen LogP contribution < -0.4 is 14.7 Å². The van der Waals surface area contributed by atoms with Gasteiger partial charge >= 0.3 is 0 Å². The Morgan fingerprint density at radius 2 is 1.57 bits per heavy atom. The summed E-state index contributed by atoms with van der Waals surface area (Å²) in [7, 11) is 2.04. The topological polar surface area (TPSA) is 35.5 Å². The molecule has 2 heterocycles. The van der Waals surface area contributed by atoms with E-state index < -0.39 is 0 Å². The lowest BCUT2D eigenvalue weighted by molar-refractivity contribution is 0.594. The third-order valence-electron chi connectivity index (χ3n) is 5.04. The van der Waals surface area contributed by atoms with Gasteiger partial charge in [0.2, 0.25) is 5.95 Å². The van der Waals surface area contributed by atoms with Gasteiger partial charge in [0.15, 0.2) is 0 Å². The average Bonchev–Trinajstić information content (AvgIpc) is 2.75. The van der Waals surface area contributed by atoms with E-state index in [2.05, 4.69) is 31.8 Å². The molecule has 1 aromatic heterocycles. The van der Waals surface area contributed by atoms with Crippen LogP contribution in [-0.2, 0) is 6.54 Å². The van der Waals surface area contributed by atoms with E-state index in [0.717, 1.165) is 44.5 Å². The third kappa shape index (κ3) is 4.06. The Kier molecular flexibility index (Phi) is 5.37. The number of piperazine rings is 1. The first-order valence-electron chi connectivity index (χ1n) is 9.53. The predicted molar refractivity (Wildman–Crippen MR) is 111 cm³/mol. The minimum Gasteiger partial charge on any atom is -0.366 e. The highest BCUT2D eigenvalue weighted by molar-refractivity contribution is 5.50. The van der Waals surface area contributed by atoms with E-state index in [9.17, 15) is 4.39 Å². The van der Waals surface area contributed by atoms with Crippen molar-refractivity contribution < 1.29 is 4.39 Å². The molecule has 0 amide bonds. The zero-order chi connectivity index (χ0) is 19.3. The molecule has 0 spiro atoms. The van der Waals surface area contributed by atoms with Gasteiger partial charge in [-0.25, -0.2) is 9.37 Å². The van der Waals surface area contributed by atoms with Crippen molar-refractivity contribution in [2.24, 2.45) is 0 Å². The van der Waals surface area contributed by atoms with Crippen molar-refractivity contribution in [1.82, 2.24) is 9.97 Å². The summed E-state index contributed by atoms with van der Waals surface area (Å²) in [5, 5.41) is 0. The van der Waals surface area contributed by atoms with E-state index in [-0.39, 0.29) is 5.82 Å². The summed E-state index contributed by atoms with van der Waals surface area (Å²) in [5.41, 5.74) is 1.91. The first-order valence-corrected chi connectivity index (χ1v) is 9.53. The lowest BCUT2D eigenvalue weighted by atomic mass is 10.2. The first-order chi connectivity index (χ1) is 13.7. The molecule has 1 saturated heterocycles. The summed E-state index contributed by atoms with van der Waals surface area (Å²) >= 11 is 0. The molecule has 6 heteroatoms. The van der Waals surface area contributed by atoms with Gasteiger partial charge in [-0.1, -0.05) is 42.5 Å². The van der Waals surface area contributed by atoms with Gasteiger partial charge in [-0.3, -0.25) is 0 Å². The van der Waals surface area contributed by atoms with Crippen molar-refractivity contribution in [1.29, 1.82) is 0 Å². The van der Waals surface area contributed by atoms with Gasteiger partial charge in [-0.2, -0.15) is 4.98 Å². The molecule has 0 aliphatic carbocycles. The second-order valence-electron chi connectivity index (χ2n) is 6.98. The van der Waals surface area contributed by atoms with Crippen LogP contribution in [-0.4, -0.2) is 43.2 Å². The number of hydrogen-bond acceptors (Lipinski definition) is 5. The summed E-state index contributed by atoms with van der Waals surface area (Å²) in [4.78, 5) is 15.6. The molecule has 3 aromatic rings. The third-order valence-corrected chi connectivity index (χ3v) is 5.04. The molecule has 0 N–H and O–H groups in total. The zero-order valence-corrected chi connectivity index (χ0v) is 16.0. The van der Waals surface area contributed by atoms with Crippen LogP contribution in [0.25, 0.3) is 0 Å². The van der Waals surface area contributed by atoms with Crippen molar-refractivity contribution in [2.75, 3.05) is 47.9 Å². The van der Waals surface area contributed by atoms with Crippen molar-refractivity contribution >= 4 is 17.5 Å². The van der Waals surface area contributed by atoms with Gasteiger partial charge in [0.25, 0.3) is 0 Å². The molecule has 0 bridgehead atoms. The number of hydrogen-bond donors (Lipinski definition) is 0. The van der Waals surface area contributed by atoms with Crippen LogP contribution in [0.15, 0.2) is 66.9 Å². The molecular weight excluding hydrogens is 353 g/mol. The smallest absolute Gasteiger partial charge is 0.227 e. The van der Waals surface area contributed by atoms with Crippen LogP contribution in [0.2, 0.25) is 0 Å². The molecule has 5 nitrogen and oxygen atoms in total. The summed E-state index contributed by atoms with van der Waals surface area (Å²) in [6.07, 6.45) is 1.81. The van der Waals surface area contributed by atoms with Gasteiger partial charge < -0.3 is 14.7 Å². The second kappa shape index (κ2) is 8.25. The maximum absolute atomic E-state index is 14.0. The first kappa shape index (κ1) is 18.2. The Morgan fingerprint density at radius 3 is 2.32 bits per heavy atom. The second-order valence-corrected chi connectivity index (χ2v) is 6.98. The fourth-order valence-electron chi connectivity index (χ4n) is 3.50. The van der Waals surface area contributed by atoms with E-state index in [1.807, 2.05) is 49.6 Å². The lowest BCUT2D eigenvalue weighted by Gasteiger charge is -2.36. The number of anilines is 3. The highest BCUT2D eigenvalue weighted by Crippen LogP contribution is 2.22. The van der Waals surface area contributed by atoms with Crippen molar-refractivity contribution in [3.8, 4) is 0 Å². The Balaban J connectivity index is 1.42. The largest absolute Gasteiger partial charge is 0.366 e. The lowest BCUT2D eigenvalue weighted by Crippen LogP contribution is -2.47. The minimum absolute atomic E-state index is 0.170. The molecule has 0 saturated carbocycles. The van der Waals surface area contributed by atoms with Crippen LogP contribution in [0, 0.1) is 5.82 Å². The molecule has 1 aliphatic heterocycles. The van der Waals surface area contributed by atoms with Crippen LogP contribution in [0.1, 0.15) is 5.56 Å². The normalized spacial score (nSPS) is 14.2. The number of aromatic nitrogens is 2. The van der Waals surface area contributed by atoms with Crippen molar-refractivity contribution in [3.63, 3.8) is 0 Å². The van der Waals surface area contributed by atoms with Crippen LogP contribution >= 0.6 is 0 Å². The van der Waals surface area contributed by atoms with Gasteiger partial charge in [0, 0.05) is 46.0 Å². The highest BCUT2D eigenvalue weighted by atomic mass is 19.1. The Morgan fingerprint density at radius 1 is 0.893 bits per heavy atom. The number of halogens is 1. The summed E-state index contributed by atoms with van der Waals surface area (Å²) in [6.45, 7) is 3.81. The van der Waals surface area contributed by atoms with Crippen molar-refractivity contribution in [3.05, 3.63) is 78.2 Å². The molecule has 2 aromatic carbocycles. The van der Waals surface area contributed by atoms with E-state index >= 15 is 0 Å². The highest BCUT2D eigenvalue weighted by Gasteiger charge is 2.21. The van der Waals surface area contributed by atoms with Gasteiger partial charge in [0.1, 0.15) is 11.6 Å². The maximum atomic E-state index is 14.0. The maximum Gasteiger partial charge on any atom is 0.227 e. The van der Waals surface area contributed by atoms with E-state index in [0.29, 0.717) is 5.69 Å². The van der Waals surface area contributed by atoms with Gasteiger partial charge in [0.05, 0.1) is 5.69 Å². The predicted octanol–water partition coefficient (Wildman–Crippen LogP) is 3.58. The number of nitrogens with zero attached hydrogens (tertiary/aromatic N) is 5. The van der Waals surface area contributed by atoms with Gasteiger partial charge in [-0.15, -0.1) is 0 Å². The Labute approximate surface area is 165 Å². The van der Waals surface area contributed by atoms with E-state index in [1.165, 1.54) is 11.6 Å². The van der Waals surface area contributed by atoms with Crippen LogP contribution in [0.5, 0.6) is 0 Å². The molecule has 0 radical (unpaired) electrons. The zero-order valence-electron chi connectivity index (χ0n) is 16.0. The number of para-hydroxylation sites is 1. The number of rotatable bonds is 5. The quantitative estimate of drug-likeness (QED) is 0.679. The fraction of sp³-hybridized carbons (Fsp3) is 0.273. The molecule has 4 rings (SSSR count). The minimum atomic E-state index is -0.170. The van der Waals surface area contributed by atoms with Gasteiger partial charge in [-0.05, 0) is 23.8 Å². The van der Waals surface area contributed by atoms with Crippen LogP contribution in [0.4, 0.5) is 21.8 Å². The molecule has 0 unspecified atom stereocenters. The number of benzene rings is 2. The molecular formula is C22H24FN5. The average molecular weight is 377 g/mol. The molecule has 1 fully saturated rings. The Hall–Kier alpha value is -3.15. The van der Waals surface area contributed by atoms with Crippen LogP contribution in [0.3, 0.4) is 0 Å². The Bertz CT molecular complexity index is 910. The van der Waals surface area contributed by atoms with E-state index in [4.69, 9.17) is 4.98 Å². The standard InChI is InChI=1S/C22H24FN5/c1-26(17-18-7-3-2-4-8-18)21-11-12-24-22(25-21)28-15-13-27(14-16-28)20-10-6-5-9-19(20)23/h2-12H,13-17H2,1H3. The molecule has 1 aliphatic rings. The molecule has 28 heavy (non-hydrogen) atoms. The monoisotopic (exact) mass is 377 g/mol. The van der Waals surface area contributed by atoms with Crippen molar-refractivity contribution in [2.45, 2.75) is 6.54 Å². The van der Waals surface area contributed by atoms with E-state index in [1.54, 1.807) is 6.07 Å². The fourth-order valence-corrected chi connectivity index (χ4v) is 3.50. The molecule has 144 valence electrons. The summed E-state index contributed by atoms with van der Waals surface area (Å²) in [6, 6.07) is 19.2. The summed E-state index contributed by atoms with van der Waals surface area (Å²) in [5.74, 6) is 1.45. The summed E-state index contributed by atoms with van der Waals surface area (Å²) < 4.78 is 14.0.